The molecular formula is C5H7Cl3S2. The Labute approximate surface area is 84.3 Å². The number of alkyl halides is 3. The summed E-state index contributed by atoms with van der Waals surface area (Å²) in [7, 11) is 0. The van der Waals surface area contributed by atoms with Crippen molar-refractivity contribution in [2.24, 2.45) is 0 Å². The average molecular weight is 238 g/mol. The second kappa shape index (κ2) is 3.99. The van der Waals surface area contributed by atoms with E-state index in [0.717, 1.165) is 11.5 Å². The molecule has 0 spiro atoms. The highest BCUT2D eigenvalue weighted by atomic mass is 35.6. The molecule has 0 aromatic carbocycles. The zero-order valence-corrected chi connectivity index (χ0v) is 9.05. The Balaban J connectivity index is 2.39. The minimum absolute atomic E-state index is 0.131. The highest BCUT2D eigenvalue weighted by Crippen LogP contribution is 2.46. The fraction of sp³-hybridized carbons (Fsp3) is 1.00. The predicted octanol–water partition coefficient (Wildman–Crippen LogP) is 3.55. The quantitative estimate of drug-likeness (QED) is 0.591. The Bertz CT molecular complexity index is 106. The molecule has 1 aliphatic heterocycles. The van der Waals surface area contributed by atoms with Crippen molar-refractivity contribution in [1.29, 1.82) is 0 Å². The highest BCUT2D eigenvalue weighted by molar-refractivity contribution is 8.17. The Morgan fingerprint density at radius 2 is 1.60 bits per heavy atom. The first-order chi connectivity index (χ1) is 4.61. The monoisotopic (exact) mass is 236 g/mol. The number of rotatable bonds is 0. The molecular weight excluding hydrogens is 231 g/mol. The van der Waals surface area contributed by atoms with Gasteiger partial charge in [0.25, 0.3) is 0 Å². The molecule has 1 saturated heterocycles. The number of hydrogen-bond donors (Lipinski definition) is 0. The molecule has 1 heterocycles. The summed E-state index contributed by atoms with van der Waals surface area (Å²) in [5.74, 6) is 2.23. The minimum Gasteiger partial charge on any atom is -0.143 e. The van der Waals surface area contributed by atoms with Crippen LogP contribution in [-0.4, -0.2) is 19.9 Å². The lowest BCUT2D eigenvalue weighted by Gasteiger charge is -2.26. The van der Waals surface area contributed by atoms with E-state index in [1.54, 1.807) is 23.5 Å². The molecule has 0 radical (unpaired) electrons. The van der Waals surface area contributed by atoms with Crippen LogP contribution in [0.4, 0.5) is 0 Å². The van der Waals surface area contributed by atoms with E-state index in [2.05, 4.69) is 0 Å². The van der Waals surface area contributed by atoms with Gasteiger partial charge in [-0.3, -0.25) is 0 Å². The number of thioether (sulfide) groups is 2. The van der Waals surface area contributed by atoms with Crippen LogP contribution in [0.3, 0.4) is 0 Å². The summed E-state index contributed by atoms with van der Waals surface area (Å²) < 4.78 is -0.957. The van der Waals surface area contributed by atoms with Crippen molar-refractivity contribution < 1.29 is 0 Å². The summed E-state index contributed by atoms with van der Waals surface area (Å²) in [4.78, 5) is 0. The first-order valence-electron chi connectivity index (χ1n) is 2.90. The fourth-order valence-corrected chi connectivity index (χ4v) is 4.38. The molecule has 0 N–H and O–H groups in total. The van der Waals surface area contributed by atoms with E-state index < -0.39 is 3.79 Å². The Morgan fingerprint density at radius 3 is 1.90 bits per heavy atom. The summed E-state index contributed by atoms with van der Waals surface area (Å²) >= 11 is 20.6. The van der Waals surface area contributed by atoms with Crippen molar-refractivity contribution >= 4 is 58.3 Å². The molecule has 0 saturated carbocycles. The van der Waals surface area contributed by atoms with Gasteiger partial charge < -0.3 is 0 Å². The van der Waals surface area contributed by atoms with Gasteiger partial charge in [-0.05, 0) is 17.9 Å². The van der Waals surface area contributed by atoms with Crippen molar-refractivity contribution in [3.05, 3.63) is 0 Å². The molecule has 1 fully saturated rings. The fourth-order valence-electron chi connectivity index (χ4n) is 0.677. The average Bonchev–Trinajstić information content (AvgIpc) is 1.88. The van der Waals surface area contributed by atoms with Crippen LogP contribution < -0.4 is 0 Å². The van der Waals surface area contributed by atoms with Gasteiger partial charge in [-0.15, -0.1) is 23.5 Å². The van der Waals surface area contributed by atoms with Crippen molar-refractivity contribution in [3.8, 4) is 0 Å². The third-order valence-corrected chi connectivity index (χ3v) is 5.70. The van der Waals surface area contributed by atoms with Gasteiger partial charge in [0.05, 0.1) is 4.58 Å². The summed E-state index contributed by atoms with van der Waals surface area (Å²) in [6.45, 7) is 0. The Kier molecular flexibility index (Phi) is 3.86. The van der Waals surface area contributed by atoms with Gasteiger partial charge >= 0.3 is 0 Å². The van der Waals surface area contributed by atoms with Crippen molar-refractivity contribution in [2.45, 2.75) is 14.8 Å². The van der Waals surface area contributed by atoms with E-state index in [9.17, 15) is 0 Å². The van der Waals surface area contributed by atoms with E-state index >= 15 is 0 Å². The standard InChI is InChI=1S/C5H7Cl3S2/c6-5(7,8)4-9-2-1-3-10-4/h4H,1-3H2. The third kappa shape index (κ3) is 2.90. The van der Waals surface area contributed by atoms with E-state index in [1.807, 2.05) is 0 Å². The first kappa shape index (κ1) is 9.66. The zero-order valence-electron chi connectivity index (χ0n) is 5.15. The van der Waals surface area contributed by atoms with Crippen LogP contribution in [0.2, 0.25) is 0 Å². The Morgan fingerprint density at radius 1 is 1.10 bits per heavy atom. The molecule has 5 heteroatoms. The van der Waals surface area contributed by atoms with Gasteiger partial charge in [0.15, 0.2) is 0 Å². The molecule has 0 aromatic rings. The molecule has 0 amide bonds. The van der Waals surface area contributed by atoms with E-state index in [4.69, 9.17) is 34.8 Å². The van der Waals surface area contributed by atoms with Crippen LogP contribution in [0.5, 0.6) is 0 Å². The molecule has 0 nitrogen and oxygen atoms in total. The largest absolute Gasteiger partial charge is 0.211 e. The van der Waals surface area contributed by atoms with Gasteiger partial charge in [-0.2, -0.15) is 0 Å². The predicted molar refractivity (Wildman–Crippen MR) is 53.6 cm³/mol. The van der Waals surface area contributed by atoms with E-state index in [-0.39, 0.29) is 4.58 Å². The SMILES string of the molecule is ClC(Cl)(Cl)C1SCCCS1. The zero-order chi connectivity index (χ0) is 7.61. The van der Waals surface area contributed by atoms with Crippen molar-refractivity contribution in [3.63, 3.8) is 0 Å². The molecule has 10 heavy (non-hydrogen) atoms. The summed E-state index contributed by atoms with van der Waals surface area (Å²) in [6.07, 6.45) is 1.23. The van der Waals surface area contributed by atoms with Crippen molar-refractivity contribution in [1.82, 2.24) is 0 Å². The normalized spacial score (nSPS) is 23.1. The van der Waals surface area contributed by atoms with E-state index in [1.165, 1.54) is 6.42 Å². The Hall–Kier alpha value is 1.57. The molecule has 0 bridgehead atoms. The van der Waals surface area contributed by atoms with Gasteiger partial charge in [-0.1, -0.05) is 34.8 Å². The molecule has 0 atom stereocenters. The van der Waals surface area contributed by atoms with Gasteiger partial charge in [0, 0.05) is 0 Å². The lowest BCUT2D eigenvalue weighted by molar-refractivity contribution is 1.08. The van der Waals surface area contributed by atoms with Crippen LogP contribution in [0.1, 0.15) is 6.42 Å². The smallest absolute Gasteiger partial charge is 0.143 e. The second-order valence-electron chi connectivity index (χ2n) is 1.97. The minimum atomic E-state index is -1.09. The first-order valence-corrected chi connectivity index (χ1v) is 6.14. The summed E-state index contributed by atoms with van der Waals surface area (Å²) in [5.41, 5.74) is 0. The molecule has 0 aliphatic carbocycles. The van der Waals surface area contributed by atoms with Gasteiger partial charge in [0.2, 0.25) is 3.79 Å². The second-order valence-corrected chi connectivity index (χ2v) is 7.06. The molecule has 0 aromatic heterocycles. The summed E-state index contributed by atoms with van der Waals surface area (Å²) in [5, 5.41) is 0. The van der Waals surface area contributed by atoms with Crippen LogP contribution in [0.15, 0.2) is 0 Å². The number of hydrogen-bond acceptors (Lipinski definition) is 2. The van der Waals surface area contributed by atoms with Crippen LogP contribution in [0, 0.1) is 0 Å². The number of halogens is 3. The maximum absolute atomic E-state index is 5.70. The molecule has 60 valence electrons. The van der Waals surface area contributed by atoms with Gasteiger partial charge in [-0.25, -0.2) is 0 Å². The maximum Gasteiger partial charge on any atom is 0.211 e. The third-order valence-electron chi connectivity index (χ3n) is 1.09. The van der Waals surface area contributed by atoms with Gasteiger partial charge in [0.1, 0.15) is 0 Å². The van der Waals surface area contributed by atoms with Crippen LogP contribution in [0.25, 0.3) is 0 Å². The van der Waals surface area contributed by atoms with Crippen LogP contribution in [-0.2, 0) is 0 Å². The maximum atomic E-state index is 5.70. The molecule has 1 rings (SSSR count). The molecule has 0 unspecified atom stereocenters. The van der Waals surface area contributed by atoms with E-state index in [0.29, 0.717) is 0 Å². The van der Waals surface area contributed by atoms with Crippen LogP contribution >= 0.6 is 58.3 Å². The molecule has 1 aliphatic rings. The lowest BCUT2D eigenvalue weighted by atomic mass is 10.6. The van der Waals surface area contributed by atoms with Crippen molar-refractivity contribution in [2.75, 3.05) is 11.5 Å². The topological polar surface area (TPSA) is 0 Å². The highest BCUT2D eigenvalue weighted by Gasteiger charge is 2.34. The summed E-state index contributed by atoms with van der Waals surface area (Å²) in [6, 6.07) is 0. The lowest BCUT2D eigenvalue weighted by Crippen LogP contribution is -2.22.